The van der Waals surface area contributed by atoms with Gasteiger partial charge in [-0.05, 0) is 43.7 Å². The van der Waals surface area contributed by atoms with Crippen LogP contribution in [-0.2, 0) is 0 Å². The summed E-state index contributed by atoms with van der Waals surface area (Å²) in [4.78, 5) is 0. The molecule has 0 bridgehead atoms. The molecule has 1 aromatic heterocycles. The largest absolute Gasteiger partial charge is 0.365 e. The Morgan fingerprint density at radius 2 is 1.89 bits per heavy atom. The molecule has 0 radical (unpaired) electrons. The van der Waals surface area contributed by atoms with E-state index < -0.39 is 0 Å². The van der Waals surface area contributed by atoms with Crippen LogP contribution in [0.3, 0.4) is 0 Å². The predicted octanol–water partition coefficient (Wildman–Crippen LogP) is 4.13. The Bertz CT molecular complexity index is 420. The topological polar surface area (TPSA) is 37.8 Å². The van der Waals surface area contributed by atoms with Crippen molar-refractivity contribution in [3.63, 3.8) is 0 Å². The quantitative estimate of drug-likeness (QED) is 0.895. The molecule has 0 aromatic carbocycles. The molecule has 1 fully saturated rings. The molecule has 18 heavy (non-hydrogen) atoms. The third-order valence-electron chi connectivity index (χ3n) is 4.22. The van der Waals surface area contributed by atoms with Gasteiger partial charge in [-0.1, -0.05) is 37.8 Å². The zero-order valence-corrected chi connectivity index (χ0v) is 12.2. The Morgan fingerprint density at radius 1 is 1.17 bits per heavy atom. The lowest BCUT2D eigenvalue weighted by molar-refractivity contribution is 0.316. The summed E-state index contributed by atoms with van der Waals surface area (Å²) in [6.45, 7) is 6.33. The summed E-state index contributed by atoms with van der Waals surface area (Å²) in [5, 5.41) is 12.3. The first-order valence-corrected chi connectivity index (χ1v) is 7.27. The second kappa shape index (κ2) is 5.87. The summed E-state index contributed by atoms with van der Waals surface area (Å²) in [5.41, 5.74) is 2.15. The van der Waals surface area contributed by atoms with Crippen LogP contribution in [0.4, 0.5) is 5.82 Å². The molecule has 4 heteroatoms. The van der Waals surface area contributed by atoms with E-state index in [0.717, 1.165) is 22.9 Å². The molecule has 1 aliphatic carbocycles. The van der Waals surface area contributed by atoms with E-state index in [1.165, 1.54) is 32.1 Å². The average Bonchev–Trinajstić information content (AvgIpc) is 2.40. The van der Waals surface area contributed by atoms with Crippen molar-refractivity contribution in [3.8, 4) is 0 Å². The number of nitrogens with zero attached hydrogens (tertiary/aromatic N) is 2. The van der Waals surface area contributed by atoms with Crippen LogP contribution in [0, 0.1) is 19.8 Å². The number of aromatic nitrogens is 2. The van der Waals surface area contributed by atoms with Gasteiger partial charge in [-0.25, -0.2) is 0 Å². The molecule has 2 unspecified atom stereocenters. The average molecular weight is 268 g/mol. The first kappa shape index (κ1) is 13.6. The summed E-state index contributed by atoms with van der Waals surface area (Å²) in [6, 6.07) is 0.539. The zero-order chi connectivity index (χ0) is 13.1. The molecule has 0 aliphatic heterocycles. The zero-order valence-electron chi connectivity index (χ0n) is 11.5. The Hall–Kier alpha value is -0.830. The molecule has 1 aromatic rings. The Morgan fingerprint density at radius 3 is 2.61 bits per heavy atom. The van der Waals surface area contributed by atoms with E-state index in [9.17, 15) is 0 Å². The molecule has 2 atom stereocenters. The van der Waals surface area contributed by atoms with Crippen LogP contribution in [0.25, 0.3) is 0 Å². The van der Waals surface area contributed by atoms with Gasteiger partial charge in [-0.15, -0.1) is 10.2 Å². The molecule has 1 N–H and O–H groups in total. The predicted molar refractivity (Wildman–Crippen MR) is 76.2 cm³/mol. The minimum atomic E-state index is 0.508. The van der Waals surface area contributed by atoms with Crippen molar-refractivity contribution in [1.82, 2.24) is 10.2 Å². The maximum absolute atomic E-state index is 5.98. The van der Waals surface area contributed by atoms with Crippen LogP contribution in [0.15, 0.2) is 0 Å². The maximum Gasteiger partial charge on any atom is 0.155 e. The minimum absolute atomic E-state index is 0.508. The highest BCUT2D eigenvalue weighted by molar-refractivity contribution is 6.30. The van der Waals surface area contributed by atoms with Gasteiger partial charge in [-0.2, -0.15) is 0 Å². The Kier molecular flexibility index (Phi) is 4.44. The molecule has 3 nitrogen and oxygen atoms in total. The van der Waals surface area contributed by atoms with Gasteiger partial charge in [0.2, 0.25) is 0 Å². The van der Waals surface area contributed by atoms with E-state index in [0.29, 0.717) is 11.2 Å². The highest BCUT2D eigenvalue weighted by atomic mass is 35.5. The fraction of sp³-hybridized carbons (Fsp3) is 0.714. The van der Waals surface area contributed by atoms with E-state index in [-0.39, 0.29) is 0 Å². The molecule has 1 aliphatic rings. The van der Waals surface area contributed by atoms with Crippen LogP contribution in [0.2, 0.25) is 5.15 Å². The van der Waals surface area contributed by atoms with Gasteiger partial charge in [0.1, 0.15) is 0 Å². The maximum atomic E-state index is 5.98. The number of halogens is 1. The second-order valence-corrected chi connectivity index (χ2v) is 5.65. The SMILES string of the molecule is CCC1CCCCC1Nc1nnc(Cl)c(C)c1C. The highest BCUT2D eigenvalue weighted by Gasteiger charge is 2.24. The van der Waals surface area contributed by atoms with Gasteiger partial charge in [0.15, 0.2) is 11.0 Å². The van der Waals surface area contributed by atoms with E-state index in [4.69, 9.17) is 11.6 Å². The molecule has 1 heterocycles. The van der Waals surface area contributed by atoms with Crippen LogP contribution >= 0.6 is 11.6 Å². The molecule has 2 rings (SSSR count). The lowest BCUT2D eigenvalue weighted by Gasteiger charge is -2.32. The first-order chi connectivity index (χ1) is 8.63. The third-order valence-corrected chi connectivity index (χ3v) is 4.58. The smallest absolute Gasteiger partial charge is 0.155 e. The molecule has 0 amide bonds. The summed E-state index contributed by atoms with van der Waals surface area (Å²) < 4.78 is 0. The normalized spacial score (nSPS) is 24.0. The third kappa shape index (κ3) is 2.77. The number of nitrogens with one attached hydrogen (secondary N) is 1. The van der Waals surface area contributed by atoms with Crippen LogP contribution in [0.5, 0.6) is 0 Å². The van der Waals surface area contributed by atoms with E-state index >= 15 is 0 Å². The van der Waals surface area contributed by atoms with Gasteiger partial charge in [0.25, 0.3) is 0 Å². The molecular formula is C14H22ClN3. The standard InChI is InChI=1S/C14H22ClN3/c1-4-11-7-5-6-8-12(11)16-14-10(3)9(2)13(15)17-18-14/h11-12H,4-8H2,1-3H3,(H,16,18). The first-order valence-electron chi connectivity index (χ1n) is 6.89. The van der Waals surface area contributed by atoms with E-state index in [2.05, 4.69) is 29.4 Å². The van der Waals surface area contributed by atoms with Gasteiger partial charge in [0.05, 0.1) is 0 Å². The molecule has 0 saturated heterocycles. The van der Waals surface area contributed by atoms with Crippen molar-refractivity contribution in [2.75, 3.05) is 5.32 Å². The summed E-state index contributed by atoms with van der Waals surface area (Å²) in [5.74, 6) is 1.66. The second-order valence-electron chi connectivity index (χ2n) is 5.29. The van der Waals surface area contributed by atoms with Gasteiger partial charge >= 0.3 is 0 Å². The minimum Gasteiger partial charge on any atom is -0.365 e. The van der Waals surface area contributed by atoms with Gasteiger partial charge in [-0.3, -0.25) is 0 Å². The Balaban J connectivity index is 2.15. The molecular weight excluding hydrogens is 246 g/mol. The van der Waals surface area contributed by atoms with Crippen molar-refractivity contribution in [3.05, 3.63) is 16.3 Å². The Labute approximate surface area is 114 Å². The van der Waals surface area contributed by atoms with Crippen molar-refractivity contribution >= 4 is 17.4 Å². The molecule has 0 spiro atoms. The fourth-order valence-electron chi connectivity index (χ4n) is 2.78. The van der Waals surface area contributed by atoms with Crippen molar-refractivity contribution in [2.45, 2.75) is 58.9 Å². The van der Waals surface area contributed by atoms with Crippen LogP contribution in [-0.4, -0.2) is 16.2 Å². The molecule has 1 saturated carbocycles. The summed E-state index contributed by atoms with van der Waals surface area (Å²) >= 11 is 5.98. The summed E-state index contributed by atoms with van der Waals surface area (Å²) in [6.07, 6.45) is 6.47. The number of anilines is 1. The van der Waals surface area contributed by atoms with E-state index in [1.807, 2.05) is 6.92 Å². The van der Waals surface area contributed by atoms with Crippen molar-refractivity contribution < 1.29 is 0 Å². The van der Waals surface area contributed by atoms with Gasteiger partial charge in [0, 0.05) is 6.04 Å². The van der Waals surface area contributed by atoms with Crippen LogP contribution < -0.4 is 5.32 Å². The van der Waals surface area contributed by atoms with Crippen LogP contribution in [0.1, 0.15) is 50.2 Å². The monoisotopic (exact) mass is 267 g/mol. The highest BCUT2D eigenvalue weighted by Crippen LogP contribution is 2.30. The number of rotatable bonds is 3. The van der Waals surface area contributed by atoms with E-state index in [1.54, 1.807) is 0 Å². The number of hydrogen-bond acceptors (Lipinski definition) is 3. The lowest BCUT2D eigenvalue weighted by atomic mass is 9.83. The van der Waals surface area contributed by atoms with Crippen molar-refractivity contribution in [1.29, 1.82) is 0 Å². The summed E-state index contributed by atoms with van der Waals surface area (Å²) in [7, 11) is 0. The fourth-order valence-corrected chi connectivity index (χ4v) is 2.95. The molecule has 100 valence electrons. The number of hydrogen-bond donors (Lipinski definition) is 1. The van der Waals surface area contributed by atoms with Gasteiger partial charge < -0.3 is 5.32 Å². The lowest BCUT2D eigenvalue weighted by Crippen LogP contribution is -2.32. The van der Waals surface area contributed by atoms with Crippen molar-refractivity contribution in [2.24, 2.45) is 5.92 Å².